The lowest BCUT2D eigenvalue weighted by atomic mass is 9.95. The number of sulfonamides is 1. The van der Waals surface area contributed by atoms with Crippen molar-refractivity contribution in [2.45, 2.75) is 25.6 Å². The van der Waals surface area contributed by atoms with E-state index in [2.05, 4.69) is 37.5 Å². The molecule has 33 heavy (non-hydrogen) atoms. The Morgan fingerprint density at radius 1 is 1.24 bits per heavy atom. The van der Waals surface area contributed by atoms with E-state index in [0.29, 0.717) is 28.8 Å². The van der Waals surface area contributed by atoms with E-state index >= 15 is 0 Å². The van der Waals surface area contributed by atoms with Crippen molar-refractivity contribution in [2.24, 2.45) is 10.7 Å². The number of aliphatic imine (C=N–C) groups is 1. The maximum atomic E-state index is 13.4. The zero-order chi connectivity index (χ0) is 24.3. The number of aryl methyl sites for hydroxylation is 1. The van der Waals surface area contributed by atoms with Gasteiger partial charge in [0.2, 0.25) is 16.4 Å². The summed E-state index contributed by atoms with van der Waals surface area (Å²) in [4.78, 5) is 28.6. The molecule has 0 fully saturated rings. The lowest BCUT2D eigenvalue weighted by Gasteiger charge is -2.27. The van der Waals surface area contributed by atoms with Crippen LogP contribution in [0.15, 0.2) is 68.4 Å². The second kappa shape index (κ2) is 9.75. The van der Waals surface area contributed by atoms with Gasteiger partial charge in [0.05, 0.1) is 17.5 Å². The number of halogens is 1. The lowest BCUT2D eigenvalue weighted by molar-refractivity contribution is -0.109. The van der Waals surface area contributed by atoms with Crippen LogP contribution in [0.2, 0.25) is 0 Å². The summed E-state index contributed by atoms with van der Waals surface area (Å²) in [6, 6.07) is 9.52. The number of carbonyl (C=O) groups excluding carboxylic acids is 1. The van der Waals surface area contributed by atoms with E-state index in [4.69, 9.17) is 5.73 Å². The third-order valence-corrected chi connectivity index (χ3v) is 6.92. The van der Waals surface area contributed by atoms with Gasteiger partial charge in [0, 0.05) is 22.3 Å². The molecule has 0 saturated carbocycles. The average Bonchev–Trinajstić information content (AvgIpc) is 2.74. The Morgan fingerprint density at radius 3 is 2.55 bits per heavy atom. The molecule has 174 valence electrons. The molecule has 1 aromatic heterocycles. The van der Waals surface area contributed by atoms with E-state index < -0.39 is 15.6 Å². The summed E-state index contributed by atoms with van der Waals surface area (Å²) in [6.45, 7) is 7.60. The number of benzene rings is 1. The van der Waals surface area contributed by atoms with Crippen LogP contribution >= 0.6 is 15.9 Å². The van der Waals surface area contributed by atoms with Crippen LogP contribution in [-0.2, 0) is 20.6 Å². The van der Waals surface area contributed by atoms with Crippen LogP contribution in [-0.4, -0.2) is 37.8 Å². The Kier molecular flexibility index (Phi) is 7.23. The molecule has 0 aliphatic carbocycles. The van der Waals surface area contributed by atoms with Gasteiger partial charge < -0.3 is 11.1 Å². The number of dihydropyridines is 1. The minimum absolute atomic E-state index is 0.0869. The number of carbonyl (C=O) groups is 1. The maximum Gasteiger partial charge on any atom is 0.279 e. The highest BCUT2D eigenvalue weighted by atomic mass is 79.9. The first kappa shape index (κ1) is 24.5. The second-order valence-electron chi connectivity index (χ2n) is 7.56. The van der Waals surface area contributed by atoms with E-state index in [1.807, 2.05) is 0 Å². The maximum absolute atomic E-state index is 13.4. The molecule has 3 rings (SSSR count). The first-order chi connectivity index (χ1) is 15.5. The van der Waals surface area contributed by atoms with Gasteiger partial charge in [-0.15, -0.1) is 0 Å². The van der Waals surface area contributed by atoms with Crippen LogP contribution < -0.4 is 21.3 Å². The minimum Gasteiger partial charge on any atom is -0.382 e. The van der Waals surface area contributed by atoms with Gasteiger partial charge >= 0.3 is 0 Å². The molecule has 1 unspecified atom stereocenters. The number of amides is 1. The zero-order valence-corrected chi connectivity index (χ0v) is 20.5. The summed E-state index contributed by atoms with van der Waals surface area (Å²) in [5.74, 6) is -0.208. The van der Waals surface area contributed by atoms with Crippen molar-refractivity contribution in [3.05, 3.63) is 80.2 Å². The quantitative estimate of drug-likeness (QED) is 0.446. The minimum atomic E-state index is -3.88. The Hall–Kier alpha value is -3.18. The number of nitrogens with one attached hydrogen (secondary N) is 2. The number of hydrogen-bond donors (Lipinski definition) is 3. The summed E-state index contributed by atoms with van der Waals surface area (Å²) in [5, 5.41) is 2.57. The van der Waals surface area contributed by atoms with Crippen molar-refractivity contribution < 1.29 is 13.2 Å². The molecular formula is C22H24BrN5O4S. The van der Waals surface area contributed by atoms with Crippen molar-refractivity contribution in [3.63, 3.8) is 0 Å². The molecule has 9 nitrogen and oxygen atoms in total. The van der Waals surface area contributed by atoms with Gasteiger partial charge in [0.1, 0.15) is 11.5 Å². The molecule has 1 aliphatic heterocycles. The molecule has 0 spiro atoms. The first-order valence-corrected chi connectivity index (χ1v) is 12.4. The predicted molar refractivity (Wildman–Crippen MR) is 133 cm³/mol. The number of amidine groups is 1. The van der Waals surface area contributed by atoms with Crippen LogP contribution in [0.3, 0.4) is 0 Å². The number of rotatable bonds is 8. The van der Waals surface area contributed by atoms with Gasteiger partial charge in [-0.05, 0) is 49.2 Å². The average molecular weight is 534 g/mol. The topological polar surface area (TPSA) is 136 Å². The Morgan fingerprint density at radius 2 is 1.91 bits per heavy atom. The smallest absolute Gasteiger partial charge is 0.279 e. The molecule has 1 aliphatic rings. The summed E-state index contributed by atoms with van der Waals surface area (Å²) in [7, 11) is -3.88. The Bertz CT molecular complexity index is 1330. The predicted octanol–water partition coefficient (Wildman–Crippen LogP) is 2.13. The van der Waals surface area contributed by atoms with Gasteiger partial charge in [-0.1, -0.05) is 34.6 Å². The van der Waals surface area contributed by atoms with Crippen LogP contribution in [0.5, 0.6) is 0 Å². The molecule has 0 saturated heterocycles. The fourth-order valence-electron chi connectivity index (χ4n) is 3.49. The molecule has 1 amide bonds. The summed E-state index contributed by atoms with van der Waals surface area (Å²) >= 11 is 3.31. The van der Waals surface area contributed by atoms with Gasteiger partial charge in [-0.25, -0.2) is 8.42 Å². The number of aromatic nitrogens is 1. The fraction of sp³-hybridized carbons (Fsp3) is 0.227. The molecule has 1 atom stereocenters. The number of nitrogens with zero attached hydrogens (tertiary/aromatic N) is 2. The van der Waals surface area contributed by atoms with Crippen LogP contribution in [0.1, 0.15) is 18.2 Å². The molecular weight excluding hydrogens is 510 g/mol. The number of nitrogens with two attached hydrogens (primary N) is 1. The van der Waals surface area contributed by atoms with Crippen molar-refractivity contribution in [1.29, 1.82) is 0 Å². The van der Waals surface area contributed by atoms with Gasteiger partial charge in [0.15, 0.2) is 0 Å². The van der Waals surface area contributed by atoms with Gasteiger partial charge in [0.25, 0.3) is 5.56 Å². The van der Waals surface area contributed by atoms with E-state index in [1.54, 1.807) is 44.2 Å². The normalized spacial score (nSPS) is 16.4. The molecule has 0 bridgehead atoms. The van der Waals surface area contributed by atoms with Crippen molar-refractivity contribution >= 4 is 49.6 Å². The first-order valence-electron chi connectivity index (χ1n) is 9.95. The molecule has 1 aromatic carbocycles. The monoisotopic (exact) mass is 533 g/mol. The lowest BCUT2D eigenvalue weighted by Crippen LogP contribution is -2.37. The van der Waals surface area contributed by atoms with Crippen LogP contribution in [0, 0.1) is 6.92 Å². The largest absolute Gasteiger partial charge is 0.382 e. The second-order valence-corrected chi connectivity index (χ2v) is 10.2. The van der Waals surface area contributed by atoms with E-state index in [9.17, 15) is 18.0 Å². The van der Waals surface area contributed by atoms with Crippen LogP contribution in [0.25, 0.3) is 5.70 Å². The summed E-state index contributed by atoms with van der Waals surface area (Å²) in [5.41, 5.74) is 7.92. The third-order valence-electron chi connectivity index (χ3n) is 5.15. The fourth-order valence-corrected chi connectivity index (χ4v) is 4.94. The number of hydrogen-bond acceptors (Lipinski definition) is 6. The molecule has 2 aromatic rings. The number of pyridine rings is 1. The standard InChI is InChI=1S/C22H24BrN5O4S/c1-13-4-9-19(27-33(31,32)11-16-5-7-17(23)8-6-16)22(30)28(13)20-18(10-25-12-29)14(2)15(3)26-21(20)24/h4-9,12,15,27H,2,10-11H2,1,3H3,(H2,24,26)(H,25,29). The summed E-state index contributed by atoms with van der Waals surface area (Å²) < 4.78 is 30.0. The third kappa shape index (κ3) is 5.42. The van der Waals surface area contributed by atoms with Gasteiger partial charge in [-0.3, -0.25) is 23.9 Å². The van der Waals surface area contributed by atoms with Crippen molar-refractivity contribution in [3.8, 4) is 0 Å². The van der Waals surface area contributed by atoms with E-state index in [1.165, 1.54) is 10.6 Å². The van der Waals surface area contributed by atoms with Crippen LogP contribution in [0.4, 0.5) is 5.69 Å². The molecule has 11 heteroatoms. The molecule has 0 radical (unpaired) electrons. The van der Waals surface area contributed by atoms with Crippen molar-refractivity contribution in [1.82, 2.24) is 9.88 Å². The van der Waals surface area contributed by atoms with Crippen molar-refractivity contribution in [2.75, 3.05) is 11.3 Å². The van der Waals surface area contributed by atoms with E-state index in [-0.39, 0.29) is 35.6 Å². The molecule has 4 N–H and O–H groups in total. The highest BCUT2D eigenvalue weighted by Crippen LogP contribution is 2.27. The highest BCUT2D eigenvalue weighted by Gasteiger charge is 2.27. The SMILES string of the molecule is C=C1C(CNC=O)=C(n2c(C)ccc(NS(=O)(=O)Cc3ccc(Br)cc3)c2=O)C(N)=NC1C. The highest BCUT2D eigenvalue weighted by molar-refractivity contribution is 9.10. The number of anilines is 1. The summed E-state index contributed by atoms with van der Waals surface area (Å²) in [6.07, 6.45) is 0.535. The Balaban J connectivity index is 2.06. The van der Waals surface area contributed by atoms with Gasteiger partial charge in [-0.2, -0.15) is 0 Å². The molecule has 2 heterocycles. The Labute approximate surface area is 200 Å². The zero-order valence-electron chi connectivity index (χ0n) is 18.1. The van der Waals surface area contributed by atoms with E-state index in [0.717, 1.165) is 4.47 Å².